The highest BCUT2D eigenvalue weighted by Crippen LogP contribution is 2.39. The third-order valence-corrected chi connectivity index (χ3v) is 7.40. The van der Waals surface area contributed by atoms with E-state index in [1.165, 1.54) is 0 Å². The van der Waals surface area contributed by atoms with Crippen LogP contribution in [0.1, 0.15) is 39.0 Å². The van der Waals surface area contributed by atoms with Crippen LogP contribution in [0.3, 0.4) is 0 Å². The Morgan fingerprint density at radius 1 is 1.06 bits per heavy atom. The second-order valence-electron chi connectivity index (χ2n) is 8.82. The Kier molecular flexibility index (Phi) is 6.63. The van der Waals surface area contributed by atoms with Crippen molar-refractivity contribution in [3.05, 3.63) is 53.9 Å². The summed E-state index contributed by atoms with van der Waals surface area (Å²) in [5, 5.41) is 2.97. The van der Waals surface area contributed by atoms with Gasteiger partial charge in [-0.05, 0) is 37.5 Å². The quantitative estimate of drug-likeness (QED) is 0.497. The number of thiazole rings is 1. The van der Waals surface area contributed by atoms with E-state index in [2.05, 4.69) is 0 Å². The van der Waals surface area contributed by atoms with Crippen molar-refractivity contribution in [2.24, 2.45) is 0 Å². The molecule has 6 nitrogen and oxygen atoms in total. The van der Waals surface area contributed by atoms with Crippen molar-refractivity contribution in [2.75, 3.05) is 24.5 Å². The predicted molar refractivity (Wildman–Crippen MR) is 135 cm³/mol. The molecule has 2 amide bonds. The maximum atomic E-state index is 13.3. The molecular weight excluding hydrogens is 446 g/mol. The lowest BCUT2D eigenvalue weighted by Gasteiger charge is -2.35. The van der Waals surface area contributed by atoms with Gasteiger partial charge in [0, 0.05) is 29.6 Å². The number of rotatable bonds is 5. The van der Waals surface area contributed by atoms with Gasteiger partial charge in [-0.2, -0.15) is 0 Å². The summed E-state index contributed by atoms with van der Waals surface area (Å²) < 4.78 is 6.00. The number of anilines is 1. The smallest absolute Gasteiger partial charge is 0.268 e. The highest BCUT2D eigenvalue weighted by Gasteiger charge is 2.35. The molecule has 2 aromatic carbocycles. The van der Waals surface area contributed by atoms with Crippen molar-refractivity contribution in [3.63, 3.8) is 0 Å². The Balaban J connectivity index is 1.45. The molecule has 1 unspecified atom stereocenters. The number of likely N-dealkylation sites (tertiary alicyclic amines) is 1. The van der Waals surface area contributed by atoms with Crippen LogP contribution in [0.5, 0.6) is 5.75 Å². The van der Waals surface area contributed by atoms with E-state index in [-0.39, 0.29) is 18.4 Å². The van der Waals surface area contributed by atoms with E-state index in [4.69, 9.17) is 9.72 Å². The van der Waals surface area contributed by atoms with Gasteiger partial charge in [0.1, 0.15) is 17.3 Å². The first kappa shape index (κ1) is 22.6. The van der Waals surface area contributed by atoms with Gasteiger partial charge < -0.3 is 9.64 Å². The molecule has 1 aromatic heterocycles. The third kappa shape index (κ3) is 4.57. The van der Waals surface area contributed by atoms with Gasteiger partial charge in [0.15, 0.2) is 6.10 Å². The van der Waals surface area contributed by atoms with Gasteiger partial charge >= 0.3 is 0 Å². The van der Waals surface area contributed by atoms with Gasteiger partial charge in [-0.1, -0.05) is 50.1 Å². The summed E-state index contributed by atoms with van der Waals surface area (Å²) in [6.07, 6.45) is 4.34. The SMILES string of the molecule is CCC1Oc2ccc(-c3csc(-c4ccccc4)n3)cc2N(CC(=O)N2CCCCCC2)C1=O. The van der Waals surface area contributed by atoms with Gasteiger partial charge in [-0.15, -0.1) is 11.3 Å². The second-order valence-corrected chi connectivity index (χ2v) is 9.68. The molecule has 0 N–H and O–H groups in total. The fraction of sp³-hybridized carbons (Fsp3) is 0.370. The Bertz CT molecular complexity index is 1170. The molecule has 0 radical (unpaired) electrons. The maximum Gasteiger partial charge on any atom is 0.268 e. The Morgan fingerprint density at radius 3 is 2.56 bits per heavy atom. The third-order valence-electron chi connectivity index (χ3n) is 6.50. The standard InChI is InChI=1S/C27H29N3O3S/c1-2-23-27(32)30(17-25(31)29-14-8-3-4-9-15-29)22-16-20(12-13-24(22)33-23)21-18-34-26(28-21)19-10-6-5-7-11-19/h5-7,10-13,16,18,23H,2-4,8-9,14-15,17H2,1H3. The summed E-state index contributed by atoms with van der Waals surface area (Å²) in [4.78, 5) is 34.8. The number of benzene rings is 2. The van der Waals surface area contributed by atoms with E-state index in [0.717, 1.165) is 60.6 Å². The molecule has 3 heterocycles. The minimum absolute atomic E-state index is 0.00313. The normalized spacial score (nSPS) is 18.3. The number of ether oxygens (including phenoxy) is 1. The molecule has 176 valence electrons. The monoisotopic (exact) mass is 475 g/mol. The van der Waals surface area contributed by atoms with Crippen LogP contribution in [0.25, 0.3) is 21.8 Å². The maximum absolute atomic E-state index is 13.3. The van der Waals surface area contributed by atoms with Crippen LogP contribution in [0.15, 0.2) is 53.9 Å². The number of carbonyl (C=O) groups is 2. The molecule has 0 bridgehead atoms. The van der Waals surface area contributed by atoms with Gasteiger partial charge in [-0.25, -0.2) is 4.98 Å². The number of nitrogens with zero attached hydrogens (tertiary/aromatic N) is 3. The first-order chi connectivity index (χ1) is 16.6. The molecule has 1 saturated heterocycles. The summed E-state index contributed by atoms with van der Waals surface area (Å²) in [5.74, 6) is 0.485. The van der Waals surface area contributed by atoms with E-state index in [1.807, 2.05) is 65.7 Å². The van der Waals surface area contributed by atoms with Crippen LogP contribution in [-0.2, 0) is 9.59 Å². The Labute approximate surface area is 204 Å². The molecule has 5 rings (SSSR count). The van der Waals surface area contributed by atoms with Crippen LogP contribution < -0.4 is 9.64 Å². The summed E-state index contributed by atoms with van der Waals surface area (Å²) in [7, 11) is 0. The van der Waals surface area contributed by atoms with E-state index in [0.29, 0.717) is 17.9 Å². The second kappa shape index (κ2) is 9.97. The lowest BCUT2D eigenvalue weighted by molar-refractivity contribution is -0.133. The summed E-state index contributed by atoms with van der Waals surface area (Å²) in [6, 6.07) is 15.9. The molecule has 1 atom stereocenters. The highest BCUT2D eigenvalue weighted by molar-refractivity contribution is 7.13. The zero-order valence-corrected chi connectivity index (χ0v) is 20.2. The zero-order valence-electron chi connectivity index (χ0n) is 19.4. The Hall–Kier alpha value is -3.19. The number of hydrogen-bond donors (Lipinski definition) is 0. The largest absolute Gasteiger partial charge is 0.478 e. The van der Waals surface area contributed by atoms with Crippen LogP contribution in [0.4, 0.5) is 5.69 Å². The minimum atomic E-state index is -0.570. The lowest BCUT2D eigenvalue weighted by atomic mass is 10.1. The van der Waals surface area contributed by atoms with Crippen LogP contribution in [-0.4, -0.2) is 47.4 Å². The fourth-order valence-corrected chi connectivity index (χ4v) is 5.41. The number of amides is 2. The van der Waals surface area contributed by atoms with E-state index in [9.17, 15) is 9.59 Å². The van der Waals surface area contributed by atoms with Crippen molar-refractivity contribution < 1.29 is 14.3 Å². The van der Waals surface area contributed by atoms with Crippen LogP contribution in [0.2, 0.25) is 0 Å². The molecule has 7 heteroatoms. The molecule has 2 aliphatic rings. The molecule has 3 aromatic rings. The summed E-state index contributed by atoms with van der Waals surface area (Å²) in [6.45, 7) is 3.50. The average Bonchev–Trinajstić information content (AvgIpc) is 3.21. The number of carbonyl (C=O) groups excluding carboxylic acids is 2. The molecule has 0 spiro atoms. The van der Waals surface area contributed by atoms with Crippen LogP contribution >= 0.6 is 11.3 Å². The minimum Gasteiger partial charge on any atom is -0.478 e. The fourth-order valence-electron chi connectivity index (χ4n) is 4.58. The van der Waals surface area contributed by atoms with Crippen molar-refractivity contribution in [3.8, 4) is 27.6 Å². The highest BCUT2D eigenvalue weighted by atomic mass is 32.1. The zero-order chi connectivity index (χ0) is 23.5. The van der Waals surface area contributed by atoms with Gasteiger partial charge in [0.25, 0.3) is 5.91 Å². The Morgan fingerprint density at radius 2 is 1.82 bits per heavy atom. The first-order valence-corrected chi connectivity index (χ1v) is 12.9. The van der Waals surface area contributed by atoms with E-state index in [1.54, 1.807) is 16.2 Å². The molecule has 34 heavy (non-hydrogen) atoms. The van der Waals surface area contributed by atoms with Gasteiger partial charge in [0.2, 0.25) is 5.91 Å². The molecular formula is C27H29N3O3S. The van der Waals surface area contributed by atoms with E-state index >= 15 is 0 Å². The number of fused-ring (bicyclic) bond motifs is 1. The summed E-state index contributed by atoms with van der Waals surface area (Å²) >= 11 is 1.59. The lowest BCUT2D eigenvalue weighted by Crippen LogP contribution is -2.50. The number of aromatic nitrogens is 1. The average molecular weight is 476 g/mol. The predicted octanol–water partition coefficient (Wildman–Crippen LogP) is 5.38. The van der Waals surface area contributed by atoms with Crippen molar-refractivity contribution >= 4 is 28.8 Å². The number of hydrogen-bond acceptors (Lipinski definition) is 5. The van der Waals surface area contributed by atoms with Crippen molar-refractivity contribution in [2.45, 2.75) is 45.1 Å². The summed E-state index contributed by atoms with van der Waals surface area (Å²) in [5.41, 5.74) is 3.46. The molecule has 0 saturated carbocycles. The van der Waals surface area contributed by atoms with Crippen LogP contribution in [0, 0.1) is 0 Å². The van der Waals surface area contributed by atoms with Crippen molar-refractivity contribution in [1.82, 2.24) is 9.88 Å². The topological polar surface area (TPSA) is 62.7 Å². The molecule has 1 fully saturated rings. The molecule has 0 aliphatic carbocycles. The van der Waals surface area contributed by atoms with Gasteiger partial charge in [0.05, 0.1) is 11.4 Å². The first-order valence-electron chi connectivity index (χ1n) is 12.0. The van der Waals surface area contributed by atoms with E-state index < -0.39 is 6.10 Å². The van der Waals surface area contributed by atoms with Gasteiger partial charge in [-0.3, -0.25) is 14.5 Å². The van der Waals surface area contributed by atoms with Crippen molar-refractivity contribution in [1.29, 1.82) is 0 Å². The molecule has 2 aliphatic heterocycles.